The molecule has 116 valence electrons. The molecule has 4 nitrogen and oxygen atoms in total. The van der Waals surface area contributed by atoms with Crippen LogP contribution in [0.15, 0.2) is 18.2 Å². The van der Waals surface area contributed by atoms with Crippen LogP contribution in [0.4, 0.5) is 0 Å². The van der Waals surface area contributed by atoms with E-state index >= 15 is 0 Å². The van der Waals surface area contributed by atoms with Gasteiger partial charge in [-0.25, -0.2) is 0 Å². The lowest BCUT2D eigenvalue weighted by Gasteiger charge is -2.34. The molecule has 1 saturated carbocycles. The van der Waals surface area contributed by atoms with Gasteiger partial charge in [-0.2, -0.15) is 0 Å². The molecule has 0 saturated heterocycles. The predicted octanol–water partition coefficient (Wildman–Crippen LogP) is 3.04. The van der Waals surface area contributed by atoms with E-state index in [4.69, 9.17) is 4.74 Å². The molecule has 1 aromatic carbocycles. The first-order chi connectivity index (χ1) is 9.98. The molecule has 0 unspecified atom stereocenters. The molecular formula is C17H25NO3. The zero-order valence-corrected chi connectivity index (χ0v) is 13.2. The molecular weight excluding hydrogens is 266 g/mol. The van der Waals surface area contributed by atoms with E-state index in [0.29, 0.717) is 0 Å². The Morgan fingerprint density at radius 1 is 1.24 bits per heavy atom. The van der Waals surface area contributed by atoms with Crippen molar-refractivity contribution in [3.8, 4) is 5.75 Å². The van der Waals surface area contributed by atoms with E-state index in [9.17, 15) is 9.90 Å². The molecule has 0 aromatic heterocycles. The van der Waals surface area contributed by atoms with Crippen molar-refractivity contribution in [3.63, 3.8) is 0 Å². The van der Waals surface area contributed by atoms with Gasteiger partial charge in [-0.15, -0.1) is 0 Å². The van der Waals surface area contributed by atoms with Crippen LogP contribution in [0.25, 0.3) is 0 Å². The molecule has 0 bridgehead atoms. The van der Waals surface area contributed by atoms with Crippen LogP contribution in [0.1, 0.15) is 43.2 Å². The Balaban J connectivity index is 2.46. The largest absolute Gasteiger partial charge is 0.497 e. The second kappa shape index (κ2) is 6.48. The first-order valence-electron chi connectivity index (χ1n) is 7.54. The predicted molar refractivity (Wildman–Crippen MR) is 82.8 cm³/mol. The summed E-state index contributed by atoms with van der Waals surface area (Å²) in [6, 6.07) is 5.93. The SMILES string of the molecule is COc1cc(CN(C)C)cc(C2(C(=O)O)CCCCC2)c1. The van der Waals surface area contributed by atoms with Gasteiger partial charge in [-0.05, 0) is 50.2 Å². The van der Waals surface area contributed by atoms with E-state index in [-0.39, 0.29) is 0 Å². The maximum absolute atomic E-state index is 12.0. The van der Waals surface area contributed by atoms with Crippen molar-refractivity contribution in [3.05, 3.63) is 29.3 Å². The molecule has 0 aliphatic heterocycles. The third-order valence-electron chi connectivity index (χ3n) is 4.37. The standard InChI is InChI=1S/C17H25NO3/c1-18(2)12-13-9-14(11-15(10-13)21-3)17(16(19)20)7-5-4-6-8-17/h9-11H,4-8,12H2,1-3H3,(H,19,20). The fourth-order valence-electron chi connectivity index (χ4n) is 3.29. The molecule has 21 heavy (non-hydrogen) atoms. The lowest BCUT2D eigenvalue weighted by atomic mass is 9.69. The zero-order valence-electron chi connectivity index (χ0n) is 13.2. The Morgan fingerprint density at radius 2 is 1.90 bits per heavy atom. The minimum Gasteiger partial charge on any atom is -0.497 e. The fourth-order valence-corrected chi connectivity index (χ4v) is 3.29. The zero-order chi connectivity index (χ0) is 15.5. The van der Waals surface area contributed by atoms with Crippen LogP contribution in [-0.2, 0) is 16.8 Å². The molecule has 2 rings (SSSR count). The van der Waals surface area contributed by atoms with Crippen molar-refractivity contribution >= 4 is 5.97 Å². The molecule has 0 atom stereocenters. The van der Waals surface area contributed by atoms with Crippen molar-refractivity contribution in [2.24, 2.45) is 0 Å². The maximum Gasteiger partial charge on any atom is 0.314 e. The summed E-state index contributed by atoms with van der Waals surface area (Å²) in [4.78, 5) is 14.0. The third-order valence-corrected chi connectivity index (χ3v) is 4.37. The highest BCUT2D eigenvalue weighted by Crippen LogP contribution is 2.41. The van der Waals surface area contributed by atoms with Gasteiger partial charge < -0.3 is 14.7 Å². The van der Waals surface area contributed by atoms with Crippen molar-refractivity contribution < 1.29 is 14.6 Å². The Kier molecular flexibility index (Phi) is 4.88. The molecule has 1 fully saturated rings. The molecule has 0 radical (unpaired) electrons. The van der Waals surface area contributed by atoms with Crippen LogP contribution in [-0.4, -0.2) is 37.2 Å². The van der Waals surface area contributed by atoms with Gasteiger partial charge in [0.1, 0.15) is 5.75 Å². The fraction of sp³-hybridized carbons (Fsp3) is 0.588. The number of ether oxygens (including phenoxy) is 1. The Labute approximate surface area is 126 Å². The quantitative estimate of drug-likeness (QED) is 0.906. The topological polar surface area (TPSA) is 49.8 Å². The molecule has 4 heteroatoms. The average molecular weight is 291 g/mol. The monoisotopic (exact) mass is 291 g/mol. The number of carbonyl (C=O) groups is 1. The van der Waals surface area contributed by atoms with Gasteiger partial charge in [0.15, 0.2) is 0 Å². The number of carboxylic acid groups (broad SMARTS) is 1. The van der Waals surface area contributed by atoms with Gasteiger partial charge in [-0.1, -0.05) is 25.3 Å². The summed E-state index contributed by atoms with van der Waals surface area (Å²) >= 11 is 0. The number of aliphatic carboxylic acids is 1. The summed E-state index contributed by atoms with van der Waals surface area (Å²) in [7, 11) is 5.65. The maximum atomic E-state index is 12.0. The Bertz CT molecular complexity index is 505. The lowest BCUT2D eigenvalue weighted by Crippen LogP contribution is -2.38. The Morgan fingerprint density at radius 3 is 2.43 bits per heavy atom. The van der Waals surface area contributed by atoms with Gasteiger partial charge in [0, 0.05) is 6.54 Å². The van der Waals surface area contributed by atoms with Crippen LogP contribution >= 0.6 is 0 Å². The first-order valence-corrected chi connectivity index (χ1v) is 7.54. The minimum absolute atomic E-state index is 0.703. The molecule has 1 N–H and O–H groups in total. The molecule has 1 aliphatic carbocycles. The van der Waals surface area contributed by atoms with Crippen LogP contribution < -0.4 is 4.74 Å². The summed E-state index contributed by atoms with van der Waals surface area (Å²) in [5.74, 6) is 0.0433. The molecule has 1 aliphatic rings. The van der Waals surface area contributed by atoms with E-state index in [1.165, 1.54) is 0 Å². The second-order valence-electron chi connectivity index (χ2n) is 6.26. The van der Waals surface area contributed by atoms with Gasteiger partial charge in [0.2, 0.25) is 0 Å². The normalized spacial score (nSPS) is 17.7. The highest BCUT2D eigenvalue weighted by atomic mass is 16.5. The van der Waals surface area contributed by atoms with Gasteiger partial charge in [-0.3, -0.25) is 4.79 Å². The summed E-state index contributed by atoms with van der Waals surface area (Å²) in [6.45, 7) is 0.778. The molecule has 0 heterocycles. The number of hydrogen-bond acceptors (Lipinski definition) is 3. The molecule has 1 aromatic rings. The van der Waals surface area contributed by atoms with Crippen LogP contribution in [0.5, 0.6) is 5.75 Å². The highest BCUT2D eigenvalue weighted by Gasteiger charge is 2.41. The third kappa shape index (κ3) is 3.38. The number of methoxy groups -OCH3 is 1. The van der Waals surface area contributed by atoms with E-state index < -0.39 is 11.4 Å². The number of carboxylic acids is 1. The summed E-state index contributed by atoms with van der Waals surface area (Å²) in [5, 5.41) is 9.83. The average Bonchev–Trinajstić information content (AvgIpc) is 2.46. The van der Waals surface area contributed by atoms with Crippen LogP contribution in [0.3, 0.4) is 0 Å². The van der Waals surface area contributed by atoms with Gasteiger partial charge in [0.25, 0.3) is 0 Å². The number of hydrogen-bond donors (Lipinski definition) is 1. The number of benzene rings is 1. The van der Waals surface area contributed by atoms with Crippen molar-refractivity contribution in [2.45, 2.75) is 44.1 Å². The lowest BCUT2D eigenvalue weighted by molar-refractivity contribution is -0.145. The molecule has 0 spiro atoms. The second-order valence-corrected chi connectivity index (χ2v) is 6.26. The van der Waals surface area contributed by atoms with Gasteiger partial charge in [0.05, 0.1) is 12.5 Å². The van der Waals surface area contributed by atoms with Crippen LogP contribution in [0, 0.1) is 0 Å². The van der Waals surface area contributed by atoms with Crippen LogP contribution in [0.2, 0.25) is 0 Å². The summed E-state index contributed by atoms with van der Waals surface area (Å²) < 4.78 is 5.38. The number of rotatable bonds is 5. The van der Waals surface area contributed by atoms with Gasteiger partial charge >= 0.3 is 5.97 Å². The van der Waals surface area contributed by atoms with E-state index in [0.717, 1.165) is 55.5 Å². The molecule has 0 amide bonds. The Hall–Kier alpha value is -1.55. The number of nitrogens with zero attached hydrogens (tertiary/aromatic N) is 1. The summed E-state index contributed by atoms with van der Waals surface area (Å²) in [6.07, 6.45) is 4.52. The summed E-state index contributed by atoms with van der Waals surface area (Å²) in [5.41, 5.74) is 1.25. The smallest absolute Gasteiger partial charge is 0.314 e. The van der Waals surface area contributed by atoms with Crippen molar-refractivity contribution in [1.29, 1.82) is 0 Å². The van der Waals surface area contributed by atoms with Crippen molar-refractivity contribution in [2.75, 3.05) is 21.2 Å². The van der Waals surface area contributed by atoms with E-state index in [1.54, 1.807) is 7.11 Å². The van der Waals surface area contributed by atoms with E-state index in [1.807, 2.05) is 32.3 Å². The van der Waals surface area contributed by atoms with Crippen molar-refractivity contribution in [1.82, 2.24) is 4.90 Å². The minimum atomic E-state index is -0.742. The van der Waals surface area contributed by atoms with E-state index in [2.05, 4.69) is 4.90 Å². The highest BCUT2D eigenvalue weighted by molar-refractivity contribution is 5.81. The first kappa shape index (κ1) is 15.8.